The summed E-state index contributed by atoms with van der Waals surface area (Å²) in [4.78, 5) is 6.31. The average molecular weight is 370 g/mol. The summed E-state index contributed by atoms with van der Waals surface area (Å²) in [6, 6.07) is 5.12. The molecule has 0 aromatic heterocycles. The lowest BCUT2D eigenvalue weighted by Gasteiger charge is -2.27. The number of sulfone groups is 1. The maximum Gasteiger partial charge on any atom is 0.191 e. The van der Waals surface area contributed by atoms with Crippen LogP contribution in [0.5, 0.6) is 0 Å². The van der Waals surface area contributed by atoms with Crippen LogP contribution in [-0.2, 0) is 9.84 Å². The maximum absolute atomic E-state index is 13.7. The molecule has 1 fully saturated rings. The normalized spacial score (nSPS) is 19.4. The molecule has 25 heavy (non-hydrogen) atoms. The van der Waals surface area contributed by atoms with E-state index in [1.165, 1.54) is 6.07 Å². The molecule has 0 bridgehead atoms. The lowest BCUT2D eigenvalue weighted by Crippen LogP contribution is -2.46. The van der Waals surface area contributed by atoms with Crippen molar-refractivity contribution < 1.29 is 12.8 Å². The molecule has 140 valence electrons. The number of aliphatic imine (C=N–C) groups is 1. The van der Waals surface area contributed by atoms with Crippen LogP contribution >= 0.6 is 0 Å². The highest BCUT2D eigenvalue weighted by atomic mass is 32.2. The summed E-state index contributed by atoms with van der Waals surface area (Å²) in [5.41, 5.74) is 1.48. The molecule has 0 saturated carbocycles. The van der Waals surface area contributed by atoms with Gasteiger partial charge in [-0.05, 0) is 31.0 Å². The Morgan fingerprint density at radius 2 is 2.04 bits per heavy atom. The molecule has 6 nitrogen and oxygen atoms in total. The van der Waals surface area contributed by atoms with Crippen molar-refractivity contribution in [2.24, 2.45) is 4.99 Å². The third-order valence-corrected chi connectivity index (χ3v) is 6.04. The van der Waals surface area contributed by atoms with Gasteiger partial charge in [0, 0.05) is 33.2 Å². The second-order valence-electron chi connectivity index (χ2n) is 6.37. The van der Waals surface area contributed by atoms with E-state index in [-0.39, 0.29) is 23.4 Å². The van der Waals surface area contributed by atoms with Gasteiger partial charge in [-0.1, -0.05) is 12.1 Å². The first-order valence-electron chi connectivity index (χ1n) is 8.47. The molecule has 1 atom stereocenters. The van der Waals surface area contributed by atoms with Crippen LogP contribution in [0.2, 0.25) is 0 Å². The Morgan fingerprint density at radius 1 is 1.36 bits per heavy atom. The molecule has 0 radical (unpaired) electrons. The quantitative estimate of drug-likeness (QED) is 0.600. The van der Waals surface area contributed by atoms with Gasteiger partial charge < -0.3 is 10.6 Å². The summed E-state index contributed by atoms with van der Waals surface area (Å²) >= 11 is 0. The zero-order valence-corrected chi connectivity index (χ0v) is 15.9. The minimum atomic E-state index is -2.84. The van der Waals surface area contributed by atoms with Crippen LogP contribution in [0, 0.1) is 12.7 Å². The number of hydrogen-bond acceptors (Lipinski definition) is 4. The maximum atomic E-state index is 13.7. The van der Waals surface area contributed by atoms with E-state index in [2.05, 4.69) is 20.5 Å². The van der Waals surface area contributed by atoms with Crippen LogP contribution in [0.3, 0.4) is 0 Å². The van der Waals surface area contributed by atoms with Crippen LogP contribution in [0.1, 0.15) is 24.1 Å². The molecule has 0 aliphatic carbocycles. The molecule has 2 rings (SSSR count). The first kappa shape index (κ1) is 19.7. The second-order valence-corrected chi connectivity index (χ2v) is 8.67. The third-order valence-electron chi connectivity index (χ3n) is 4.43. The lowest BCUT2D eigenvalue weighted by atomic mass is 10.1. The van der Waals surface area contributed by atoms with E-state index < -0.39 is 9.84 Å². The van der Waals surface area contributed by atoms with Crippen molar-refractivity contribution in [3.63, 3.8) is 0 Å². The van der Waals surface area contributed by atoms with Crippen molar-refractivity contribution >= 4 is 15.8 Å². The predicted molar refractivity (Wildman–Crippen MR) is 99.1 cm³/mol. The number of halogens is 1. The number of benzene rings is 1. The molecule has 1 aliphatic heterocycles. The fraction of sp³-hybridized carbons (Fsp3) is 0.588. The number of aryl methyl sites for hydroxylation is 1. The van der Waals surface area contributed by atoms with Gasteiger partial charge in [-0.25, -0.2) is 12.8 Å². The summed E-state index contributed by atoms with van der Waals surface area (Å²) in [5, 5.41) is 6.46. The van der Waals surface area contributed by atoms with Crippen molar-refractivity contribution in [3.05, 3.63) is 35.1 Å². The number of guanidine groups is 1. The van der Waals surface area contributed by atoms with Crippen LogP contribution in [-0.4, -0.2) is 64.0 Å². The summed E-state index contributed by atoms with van der Waals surface area (Å²) in [6.07, 6.45) is 0. The minimum absolute atomic E-state index is 0.0820. The molecular weight excluding hydrogens is 343 g/mol. The fourth-order valence-corrected chi connectivity index (χ4v) is 3.94. The van der Waals surface area contributed by atoms with Crippen LogP contribution in [0.25, 0.3) is 0 Å². The highest BCUT2D eigenvalue weighted by molar-refractivity contribution is 7.91. The third kappa shape index (κ3) is 5.97. The van der Waals surface area contributed by atoms with Gasteiger partial charge in [0.1, 0.15) is 5.82 Å². The minimum Gasteiger partial charge on any atom is -0.355 e. The Kier molecular flexibility index (Phi) is 6.78. The van der Waals surface area contributed by atoms with Crippen molar-refractivity contribution in [1.29, 1.82) is 0 Å². The molecule has 1 heterocycles. The van der Waals surface area contributed by atoms with Crippen LogP contribution in [0.4, 0.5) is 4.39 Å². The van der Waals surface area contributed by atoms with E-state index in [1.807, 2.05) is 13.0 Å². The molecule has 8 heteroatoms. The Bertz CT molecular complexity index is 707. The second kappa shape index (κ2) is 8.62. The SMILES string of the molecule is CN=C(NCCN1CCS(=O)(=O)CC1)NC(C)c1ccc(C)c(F)c1. The van der Waals surface area contributed by atoms with Crippen molar-refractivity contribution in [3.8, 4) is 0 Å². The zero-order chi connectivity index (χ0) is 18.4. The molecular formula is C17H27FN4O2S. The van der Waals surface area contributed by atoms with E-state index >= 15 is 0 Å². The highest BCUT2D eigenvalue weighted by Gasteiger charge is 2.21. The summed E-state index contributed by atoms with van der Waals surface area (Å²) in [5.74, 6) is 0.888. The standard InChI is InChI=1S/C17H27FN4O2S/c1-13-4-5-15(12-16(13)18)14(2)21-17(19-3)20-6-7-22-8-10-25(23,24)11-9-22/h4-5,12,14H,6-11H2,1-3H3,(H2,19,20,21). The number of rotatable bonds is 5. The van der Waals surface area contributed by atoms with Crippen molar-refractivity contribution in [1.82, 2.24) is 15.5 Å². The molecule has 0 amide bonds. The smallest absolute Gasteiger partial charge is 0.191 e. The molecule has 1 saturated heterocycles. The highest BCUT2D eigenvalue weighted by Crippen LogP contribution is 2.16. The molecule has 1 aromatic carbocycles. The Labute approximate surface area is 149 Å². The first-order chi connectivity index (χ1) is 11.8. The van der Waals surface area contributed by atoms with Gasteiger partial charge in [-0.15, -0.1) is 0 Å². The van der Waals surface area contributed by atoms with Crippen molar-refractivity contribution in [2.45, 2.75) is 19.9 Å². The lowest BCUT2D eigenvalue weighted by molar-refractivity contribution is 0.299. The van der Waals surface area contributed by atoms with Crippen LogP contribution < -0.4 is 10.6 Å². The number of hydrogen-bond donors (Lipinski definition) is 2. The van der Waals surface area contributed by atoms with E-state index in [4.69, 9.17) is 0 Å². The predicted octanol–water partition coefficient (Wildman–Crippen LogP) is 1.09. The van der Waals surface area contributed by atoms with Crippen LogP contribution in [0.15, 0.2) is 23.2 Å². The van der Waals surface area contributed by atoms with E-state index in [0.717, 1.165) is 12.1 Å². The number of nitrogens with one attached hydrogen (secondary N) is 2. The number of nitrogens with zero attached hydrogens (tertiary/aromatic N) is 2. The molecule has 1 aliphatic rings. The molecule has 1 aromatic rings. The molecule has 2 N–H and O–H groups in total. The van der Waals surface area contributed by atoms with E-state index in [1.54, 1.807) is 20.0 Å². The topological polar surface area (TPSA) is 73.8 Å². The summed E-state index contributed by atoms with van der Waals surface area (Å²) in [7, 11) is -1.16. The van der Waals surface area contributed by atoms with Gasteiger partial charge in [0.25, 0.3) is 0 Å². The molecule has 1 unspecified atom stereocenters. The first-order valence-corrected chi connectivity index (χ1v) is 10.3. The summed E-state index contributed by atoms with van der Waals surface area (Å²) in [6.45, 7) is 6.26. The Hall–Kier alpha value is -1.67. The van der Waals surface area contributed by atoms with Gasteiger partial charge in [0.15, 0.2) is 15.8 Å². The van der Waals surface area contributed by atoms with Crippen molar-refractivity contribution in [2.75, 3.05) is 44.7 Å². The van der Waals surface area contributed by atoms with Gasteiger partial charge in [0.05, 0.1) is 17.5 Å². The van der Waals surface area contributed by atoms with Gasteiger partial charge in [-0.3, -0.25) is 9.89 Å². The monoisotopic (exact) mass is 370 g/mol. The summed E-state index contributed by atoms with van der Waals surface area (Å²) < 4.78 is 36.6. The largest absolute Gasteiger partial charge is 0.355 e. The molecule has 0 spiro atoms. The van der Waals surface area contributed by atoms with E-state index in [9.17, 15) is 12.8 Å². The van der Waals surface area contributed by atoms with Gasteiger partial charge in [0.2, 0.25) is 0 Å². The Morgan fingerprint density at radius 3 is 2.64 bits per heavy atom. The fourth-order valence-electron chi connectivity index (χ4n) is 2.67. The van der Waals surface area contributed by atoms with Gasteiger partial charge >= 0.3 is 0 Å². The van der Waals surface area contributed by atoms with E-state index in [0.29, 0.717) is 31.2 Å². The Balaban J connectivity index is 1.79. The van der Waals surface area contributed by atoms with Gasteiger partial charge in [-0.2, -0.15) is 0 Å². The zero-order valence-electron chi connectivity index (χ0n) is 15.0. The average Bonchev–Trinajstić information content (AvgIpc) is 2.57.